The summed E-state index contributed by atoms with van der Waals surface area (Å²) in [5.41, 5.74) is 0. The van der Waals surface area contributed by atoms with E-state index in [1.54, 1.807) is 12.1 Å². The number of aliphatic carboxylic acids is 1. The number of carbonyl (C=O) groups excluding carboxylic acids is 1. The van der Waals surface area contributed by atoms with Gasteiger partial charge in [-0.25, -0.2) is 0 Å². The molecule has 3 nitrogen and oxygen atoms in total. The summed E-state index contributed by atoms with van der Waals surface area (Å²) in [6.07, 6.45) is 2.66. The molecule has 0 radical (unpaired) electrons. The van der Waals surface area contributed by atoms with E-state index in [0.717, 1.165) is 0 Å². The third-order valence-electron chi connectivity index (χ3n) is 7.39. The maximum atomic E-state index is 10.1. The predicted octanol–water partition coefficient (Wildman–Crippen LogP) is 6.27. The third kappa shape index (κ3) is 13.1. The van der Waals surface area contributed by atoms with Crippen LogP contribution in [0.2, 0.25) is 0 Å². The fourth-order valence-corrected chi connectivity index (χ4v) is 10.5. The molecule has 0 unspecified atom stereocenters. The van der Waals surface area contributed by atoms with Crippen LogP contribution in [0.3, 0.4) is 0 Å². The fraction of sp³-hybridized carbons (Fsp3) is 0. The molecule has 0 atom stereocenters. The molecule has 0 aliphatic heterocycles. The van der Waals surface area contributed by atoms with Crippen LogP contribution < -0.4 is 36.9 Å². The van der Waals surface area contributed by atoms with E-state index in [0.29, 0.717) is 5.76 Å². The van der Waals surface area contributed by atoms with E-state index in [1.807, 2.05) is 0 Å². The topological polar surface area (TPSA) is 53.3 Å². The van der Waals surface area contributed by atoms with Gasteiger partial charge in [0, 0.05) is 5.97 Å². The van der Waals surface area contributed by atoms with Gasteiger partial charge in [-0.2, -0.15) is 0 Å². The molecule has 6 aromatic carbocycles. The Morgan fingerprint density at radius 3 is 0.902 bits per heavy atom. The van der Waals surface area contributed by atoms with Crippen molar-refractivity contribution in [2.24, 2.45) is 0 Å². The third-order valence-corrected chi connectivity index (χ3v) is 13.1. The fourth-order valence-electron chi connectivity index (χ4n) is 5.19. The number of carboxylic acid groups (broad SMARTS) is 1. The Morgan fingerprint density at radius 1 is 0.451 bits per heavy atom. The molecule has 1 aromatic heterocycles. The molecule has 0 bridgehead atoms. The van der Waals surface area contributed by atoms with E-state index >= 15 is 0 Å². The van der Waals surface area contributed by atoms with Crippen LogP contribution >= 0.6 is 15.8 Å². The zero-order chi connectivity index (χ0) is 34.1. The first-order valence-corrected chi connectivity index (χ1v) is 19.2. The zero-order valence-electron chi connectivity index (χ0n) is 27.4. The van der Waals surface area contributed by atoms with Gasteiger partial charge in [0.1, 0.15) is 37.6 Å². The molecule has 0 amide bonds. The monoisotopic (exact) mass is 1090 g/mol. The Hall–Kier alpha value is -3.63. The van der Waals surface area contributed by atoms with Crippen LogP contribution in [0, 0.1) is 0 Å². The van der Waals surface area contributed by atoms with Crippen molar-refractivity contribution in [3.05, 3.63) is 211 Å². The van der Waals surface area contributed by atoms with Gasteiger partial charge in [-0.15, -0.1) is 4.91 Å². The van der Waals surface area contributed by atoms with Gasteiger partial charge in [-0.05, 0) is 91.0 Å². The summed E-state index contributed by atoms with van der Waals surface area (Å²) >= 11 is 4.45. The van der Waals surface area contributed by atoms with Gasteiger partial charge in [0.25, 0.3) is 0 Å². The van der Waals surface area contributed by atoms with Crippen LogP contribution in [0.15, 0.2) is 210 Å². The van der Waals surface area contributed by atoms with Crippen molar-refractivity contribution in [1.29, 1.82) is 0 Å². The van der Waals surface area contributed by atoms with Gasteiger partial charge in [0.15, 0.2) is 0 Å². The van der Waals surface area contributed by atoms with Crippen LogP contribution in [-0.4, -0.2) is 5.97 Å². The zero-order valence-corrected chi connectivity index (χ0v) is 34.5. The molecule has 0 spiro atoms. The second-order valence-corrected chi connectivity index (χ2v) is 16.2. The summed E-state index contributed by atoms with van der Waals surface area (Å²) in [5.74, 6) is -0.949. The summed E-state index contributed by atoms with van der Waals surface area (Å²) < 4.78 is 4.82. The van der Waals surface area contributed by atoms with E-state index in [1.165, 1.54) is 44.2 Å². The van der Waals surface area contributed by atoms with Gasteiger partial charge < -0.3 is 26.9 Å². The first-order valence-electron chi connectivity index (χ1n) is 15.8. The predicted molar refractivity (Wildman–Crippen MR) is 212 cm³/mol. The second-order valence-electron chi connectivity index (χ2n) is 10.8. The Labute approximate surface area is 339 Å². The Bertz CT molecular complexity index is 1680. The number of rotatable bonds is 8. The standard InChI is InChI=1S/2C18H15P.C7H6O3S.2Au/c2*1-4-10-16(11-5-1)19(17-12-6-2-7-13-17)18-14-8-3-9-15-18;8-7(9)6(11)4-5-2-1-3-10-5;;/h2*1-15H;1-4,11H,(H,8,9);;/q;;;2*+1/b;;6-4-;;. The summed E-state index contributed by atoms with van der Waals surface area (Å²) in [4.78, 5) is 9.84. The van der Waals surface area contributed by atoms with Crippen molar-refractivity contribution in [2.75, 3.05) is 0 Å². The van der Waals surface area contributed by atoms with E-state index in [-0.39, 0.29) is 49.7 Å². The molecule has 7 rings (SSSR count). The number of hydrogen-bond acceptors (Lipinski definition) is 4. The molecule has 8 heteroatoms. The van der Waals surface area contributed by atoms with Crippen molar-refractivity contribution in [1.82, 2.24) is 0 Å². The molecular weight excluding hydrogens is 1050 g/mol. The molecule has 0 N–H and O–H groups in total. The van der Waals surface area contributed by atoms with E-state index < -0.39 is 21.8 Å². The van der Waals surface area contributed by atoms with Crippen molar-refractivity contribution in [2.45, 2.75) is 0 Å². The number of carbonyl (C=O) groups is 1. The van der Waals surface area contributed by atoms with Crippen LogP contribution in [0.25, 0.3) is 6.08 Å². The molecule has 0 aliphatic rings. The van der Waals surface area contributed by atoms with Gasteiger partial charge in [0.2, 0.25) is 0 Å². The van der Waals surface area contributed by atoms with E-state index in [4.69, 9.17) is 4.42 Å². The minimum Gasteiger partial charge on any atom is -0.778 e. The quantitative estimate of drug-likeness (QED) is 0.0781. The van der Waals surface area contributed by atoms with Crippen LogP contribution in [0.1, 0.15) is 5.76 Å². The molecule has 262 valence electrons. The van der Waals surface area contributed by atoms with Crippen LogP contribution in [0.4, 0.5) is 0 Å². The number of carboxylic acids is 1. The number of hydrogen-bond donors (Lipinski definition) is 0. The Balaban J connectivity index is 0.000000210. The van der Waals surface area contributed by atoms with E-state index in [9.17, 15) is 9.90 Å². The minimum atomic E-state index is -1.36. The molecule has 7 aromatic rings. The molecule has 0 aliphatic carbocycles. The molecule has 51 heavy (non-hydrogen) atoms. The largest absolute Gasteiger partial charge is 1.00 e. The second kappa shape index (κ2) is 23.0. The van der Waals surface area contributed by atoms with Crippen molar-refractivity contribution in [3.63, 3.8) is 0 Å². The first kappa shape index (κ1) is 41.8. The summed E-state index contributed by atoms with van der Waals surface area (Å²) in [7, 11) is -1.75. The number of benzene rings is 6. The SMILES string of the molecule is O=C([O-])/C([S-])=C/c1ccco1.[Au+].[Au+].c1ccc([PH+](c2ccccc2)c2ccccc2)cc1.c1ccc([PH+](c2ccccc2)c2ccccc2)cc1. The van der Waals surface area contributed by atoms with Gasteiger partial charge in [-0.3, -0.25) is 0 Å². The molecular formula is C43H36Au2O3P2S+2. The van der Waals surface area contributed by atoms with Gasteiger partial charge >= 0.3 is 44.8 Å². The van der Waals surface area contributed by atoms with Crippen molar-refractivity contribution < 1.29 is 59.1 Å². The smallest absolute Gasteiger partial charge is 0.778 e. The summed E-state index contributed by atoms with van der Waals surface area (Å²) in [5, 5.41) is 18.7. The molecule has 0 fully saturated rings. The maximum absolute atomic E-state index is 10.1. The number of furan rings is 1. The van der Waals surface area contributed by atoms with Gasteiger partial charge in [0.05, 0.1) is 22.1 Å². The van der Waals surface area contributed by atoms with Crippen LogP contribution in [0.5, 0.6) is 0 Å². The van der Waals surface area contributed by atoms with Crippen molar-refractivity contribution >= 4 is 72.3 Å². The summed E-state index contributed by atoms with van der Waals surface area (Å²) in [6, 6.07) is 68.2. The van der Waals surface area contributed by atoms with Crippen LogP contribution in [-0.2, 0) is 62.2 Å². The molecule has 1 heterocycles. The normalized spacial score (nSPS) is 10.4. The average molecular weight is 1090 g/mol. The summed E-state index contributed by atoms with van der Waals surface area (Å²) in [6.45, 7) is 0. The maximum Gasteiger partial charge on any atom is 1.00 e. The Morgan fingerprint density at radius 2 is 0.706 bits per heavy atom. The van der Waals surface area contributed by atoms with Gasteiger partial charge in [-0.1, -0.05) is 109 Å². The minimum absolute atomic E-state index is 0. The Kier molecular flexibility index (Phi) is 18.9. The van der Waals surface area contributed by atoms with E-state index in [2.05, 4.69) is 195 Å². The molecule has 0 saturated carbocycles. The first-order chi connectivity index (χ1) is 24.1. The average Bonchev–Trinajstić information content (AvgIpc) is 3.68. The molecule has 0 saturated heterocycles. The van der Waals surface area contributed by atoms with Crippen molar-refractivity contribution in [3.8, 4) is 0 Å².